The molecule has 0 aliphatic rings. The number of carbonyl (C=O) groups is 4. The molecule has 1 amide bonds. The Kier molecular flexibility index (Phi) is 12.3. The van der Waals surface area contributed by atoms with E-state index in [1.165, 1.54) is 0 Å². The highest BCUT2D eigenvalue weighted by Gasteiger charge is 2.08. The lowest BCUT2D eigenvalue weighted by Crippen LogP contribution is -2.12. The lowest BCUT2D eigenvalue weighted by atomic mass is 10.1. The first-order valence-electron chi connectivity index (χ1n) is 12.4. The number of rotatable bonds is 7. The topological polar surface area (TPSA) is 145 Å². The average Bonchev–Trinajstić information content (AvgIpc) is 2.93. The molecule has 4 N–H and O–H groups in total. The van der Waals surface area contributed by atoms with Gasteiger partial charge in [0, 0.05) is 29.1 Å². The van der Waals surface area contributed by atoms with Crippen molar-refractivity contribution in [1.29, 1.82) is 0 Å². The molecule has 0 unspecified atom stereocenters. The fourth-order valence-electron chi connectivity index (χ4n) is 3.42. The average molecular weight is 557 g/mol. The lowest BCUT2D eigenvalue weighted by molar-refractivity contribution is -0.121. The Morgan fingerprint density at radius 3 is 1.73 bits per heavy atom. The van der Waals surface area contributed by atoms with Crippen molar-refractivity contribution < 1.29 is 33.8 Å². The van der Waals surface area contributed by atoms with Crippen molar-refractivity contribution in [2.45, 2.75) is 27.7 Å². The maximum Gasteiger partial charge on any atom is 0.335 e. The summed E-state index contributed by atoms with van der Waals surface area (Å²) in [7, 11) is 0. The van der Waals surface area contributed by atoms with Crippen LogP contribution in [0.25, 0.3) is 0 Å². The molecule has 4 aromatic carbocycles. The monoisotopic (exact) mass is 556 g/mol. The number of carbonyl (C=O) groups excluding carboxylic acids is 3. The summed E-state index contributed by atoms with van der Waals surface area (Å²) in [5.74, 6) is -0.125. The minimum Gasteiger partial charge on any atom is -0.478 e. The minimum atomic E-state index is -0.872. The van der Waals surface area contributed by atoms with Crippen molar-refractivity contribution >= 4 is 36.2 Å². The number of nitrogens with one attached hydrogen (secondary N) is 1. The van der Waals surface area contributed by atoms with E-state index >= 15 is 0 Å². The largest absolute Gasteiger partial charge is 0.478 e. The minimum absolute atomic E-state index is 0.199. The number of nitrogens with two attached hydrogens (primary N) is 1. The smallest absolute Gasteiger partial charge is 0.335 e. The summed E-state index contributed by atoms with van der Waals surface area (Å²) in [5.41, 5.74) is 11.3. The first-order chi connectivity index (χ1) is 19.5. The highest BCUT2D eigenvalue weighted by atomic mass is 16.5. The van der Waals surface area contributed by atoms with Gasteiger partial charge in [-0.1, -0.05) is 47.5 Å². The van der Waals surface area contributed by atoms with Gasteiger partial charge in [-0.15, -0.1) is 0 Å². The van der Waals surface area contributed by atoms with Crippen LogP contribution in [-0.2, 0) is 9.59 Å². The molecule has 4 aromatic rings. The molecule has 0 aromatic heterocycles. The second kappa shape index (κ2) is 15.8. The van der Waals surface area contributed by atoms with Gasteiger partial charge in [-0.2, -0.15) is 0 Å². The molecule has 0 atom stereocenters. The first-order valence-corrected chi connectivity index (χ1v) is 12.4. The SMILES string of the molecule is Cc1ccc(N)cc1OC=O.Cc1cccc(C(=O)Nc2ccc(C)c(OC=O)c2)c1.Cc1cccc(C(=O)O)c1. The van der Waals surface area contributed by atoms with Gasteiger partial charge in [0.2, 0.25) is 0 Å². The number of amides is 1. The predicted octanol–water partition coefficient (Wildman–Crippen LogP) is 5.90. The Hall–Kier alpha value is -5.44. The molecule has 0 fully saturated rings. The number of carboxylic acids is 1. The molecular formula is C32H32N2O7. The highest BCUT2D eigenvalue weighted by molar-refractivity contribution is 6.04. The van der Waals surface area contributed by atoms with Crippen LogP contribution in [0.15, 0.2) is 84.9 Å². The first kappa shape index (κ1) is 31.8. The van der Waals surface area contributed by atoms with Gasteiger partial charge in [0.1, 0.15) is 11.5 Å². The van der Waals surface area contributed by atoms with Crippen LogP contribution >= 0.6 is 0 Å². The molecular weight excluding hydrogens is 524 g/mol. The Morgan fingerprint density at radius 1 is 0.707 bits per heavy atom. The number of benzene rings is 4. The van der Waals surface area contributed by atoms with Crippen LogP contribution in [0.3, 0.4) is 0 Å². The molecule has 9 nitrogen and oxygen atoms in total. The predicted molar refractivity (Wildman–Crippen MR) is 157 cm³/mol. The van der Waals surface area contributed by atoms with Crippen molar-refractivity contribution in [3.05, 3.63) is 118 Å². The number of carboxylic acid groups (broad SMARTS) is 1. The quantitative estimate of drug-likeness (QED) is 0.189. The maximum absolute atomic E-state index is 12.1. The van der Waals surface area contributed by atoms with E-state index in [1.807, 2.05) is 52.0 Å². The zero-order valence-electron chi connectivity index (χ0n) is 23.2. The molecule has 0 heterocycles. The number of hydrogen-bond donors (Lipinski definition) is 3. The summed E-state index contributed by atoms with van der Waals surface area (Å²) >= 11 is 0. The van der Waals surface area contributed by atoms with Gasteiger partial charge in [0.15, 0.2) is 0 Å². The third-order valence-corrected chi connectivity index (χ3v) is 5.55. The molecule has 0 saturated carbocycles. The Balaban J connectivity index is 0.000000236. The van der Waals surface area contributed by atoms with E-state index in [0.717, 1.165) is 22.3 Å². The van der Waals surface area contributed by atoms with Crippen LogP contribution in [0.4, 0.5) is 11.4 Å². The van der Waals surface area contributed by atoms with Gasteiger partial charge in [-0.05, 0) is 75.2 Å². The van der Waals surface area contributed by atoms with Crippen LogP contribution in [0.2, 0.25) is 0 Å². The third kappa shape index (κ3) is 10.7. The Morgan fingerprint density at radius 2 is 1.22 bits per heavy atom. The van der Waals surface area contributed by atoms with Crippen molar-refractivity contribution in [3.63, 3.8) is 0 Å². The zero-order chi connectivity index (χ0) is 30.4. The molecule has 41 heavy (non-hydrogen) atoms. The van der Waals surface area contributed by atoms with Crippen LogP contribution in [0, 0.1) is 27.7 Å². The van der Waals surface area contributed by atoms with Gasteiger partial charge in [-0.3, -0.25) is 14.4 Å². The van der Waals surface area contributed by atoms with Gasteiger partial charge in [0.25, 0.3) is 18.9 Å². The van der Waals surface area contributed by atoms with E-state index in [4.69, 9.17) is 15.6 Å². The fraction of sp³-hybridized carbons (Fsp3) is 0.125. The van der Waals surface area contributed by atoms with Crippen molar-refractivity contribution in [1.82, 2.24) is 0 Å². The molecule has 0 bridgehead atoms. The molecule has 0 spiro atoms. The lowest BCUT2D eigenvalue weighted by Gasteiger charge is -2.09. The number of aryl methyl sites for hydroxylation is 4. The van der Waals surface area contributed by atoms with Gasteiger partial charge < -0.3 is 25.6 Å². The van der Waals surface area contributed by atoms with Crippen molar-refractivity contribution in [3.8, 4) is 11.5 Å². The second-order valence-corrected chi connectivity index (χ2v) is 8.93. The molecule has 0 radical (unpaired) electrons. The molecule has 0 aliphatic carbocycles. The molecule has 212 valence electrons. The molecule has 4 rings (SSSR count). The standard InChI is InChI=1S/C16H15NO3.C8H9NO2.C8H8O2/c1-11-4-3-5-13(8-11)16(19)17-14-7-6-12(2)15(9-14)20-10-18;1-6-2-3-7(9)4-8(6)11-5-10;1-6-3-2-4-7(5-6)8(9)10/h3-10H,1-2H3,(H,17,19);2-5H,9H2,1H3;2-5H,1H3,(H,9,10). The van der Waals surface area contributed by atoms with Crippen LogP contribution < -0.4 is 20.5 Å². The number of ether oxygens (including phenoxy) is 2. The number of hydrogen-bond acceptors (Lipinski definition) is 7. The number of anilines is 2. The summed E-state index contributed by atoms with van der Waals surface area (Å²) in [6.07, 6.45) is 0. The van der Waals surface area contributed by atoms with Gasteiger partial charge in [0.05, 0.1) is 5.56 Å². The number of aromatic carboxylic acids is 1. The van der Waals surface area contributed by atoms with E-state index < -0.39 is 5.97 Å². The summed E-state index contributed by atoms with van der Waals surface area (Å²) in [4.78, 5) is 42.8. The Labute approximate surface area is 238 Å². The third-order valence-electron chi connectivity index (χ3n) is 5.55. The zero-order valence-corrected chi connectivity index (χ0v) is 23.2. The van der Waals surface area contributed by atoms with Crippen molar-refractivity contribution in [2.75, 3.05) is 11.1 Å². The fourth-order valence-corrected chi connectivity index (χ4v) is 3.42. The van der Waals surface area contributed by atoms with Crippen LogP contribution in [0.1, 0.15) is 43.0 Å². The normalized spacial score (nSPS) is 9.56. The van der Waals surface area contributed by atoms with E-state index in [9.17, 15) is 19.2 Å². The van der Waals surface area contributed by atoms with Crippen LogP contribution in [0.5, 0.6) is 11.5 Å². The van der Waals surface area contributed by atoms with E-state index in [2.05, 4.69) is 10.1 Å². The molecule has 9 heteroatoms. The summed E-state index contributed by atoms with van der Waals surface area (Å²) < 4.78 is 9.51. The van der Waals surface area contributed by atoms with Crippen molar-refractivity contribution in [2.24, 2.45) is 0 Å². The highest BCUT2D eigenvalue weighted by Crippen LogP contribution is 2.23. The van der Waals surface area contributed by atoms with Crippen LogP contribution in [-0.4, -0.2) is 29.9 Å². The molecule has 0 aliphatic heterocycles. The summed E-state index contributed by atoms with van der Waals surface area (Å²) in [6, 6.07) is 24.5. The molecule has 0 saturated heterocycles. The second-order valence-electron chi connectivity index (χ2n) is 8.93. The summed E-state index contributed by atoms with van der Waals surface area (Å²) in [6.45, 7) is 8.23. The van der Waals surface area contributed by atoms with E-state index in [-0.39, 0.29) is 5.91 Å². The van der Waals surface area contributed by atoms with E-state index in [1.54, 1.807) is 60.7 Å². The Bertz CT molecular complexity index is 1520. The summed E-state index contributed by atoms with van der Waals surface area (Å²) in [5, 5.41) is 11.3. The van der Waals surface area contributed by atoms with Gasteiger partial charge >= 0.3 is 5.97 Å². The number of nitrogen functional groups attached to an aromatic ring is 1. The maximum atomic E-state index is 12.1. The van der Waals surface area contributed by atoms with E-state index in [0.29, 0.717) is 46.9 Å². The van der Waals surface area contributed by atoms with Gasteiger partial charge in [-0.25, -0.2) is 4.79 Å².